The molecule has 0 aromatic carbocycles. The van der Waals surface area contributed by atoms with Gasteiger partial charge in [-0.2, -0.15) is 0 Å². The summed E-state index contributed by atoms with van der Waals surface area (Å²) in [6.07, 6.45) is 5.51. The monoisotopic (exact) mass is 278 g/mol. The maximum atomic E-state index is 10.2. The van der Waals surface area contributed by atoms with E-state index in [1.54, 1.807) is 6.33 Å². The molecule has 0 bridgehead atoms. The first-order valence-electron chi connectivity index (χ1n) is 7.62. The molecule has 0 radical (unpaired) electrons. The van der Waals surface area contributed by atoms with Crippen LogP contribution >= 0.6 is 0 Å². The van der Waals surface area contributed by atoms with Gasteiger partial charge in [-0.3, -0.25) is 0 Å². The Balaban J connectivity index is 2.27. The molecule has 0 saturated carbocycles. The summed E-state index contributed by atoms with van der Waals surface area (Å²) < 4.78 is 0. The fraction of sp³-hybridized carbons (Fsp3) is 0.733. The van der Waals surface area contributed by atoms with Crippen molar-refractivity contribution in [3.05, 3.63) is 11.9 Å². The van der Waals surface area contributed by atoms with Crippen LogP contribution in [0.5, 0.6) is 0 Å². The zero-order valence-corrected chi connectivity index (χ0v) is 12.8. The number of anilines is 2. The molecule has 1 aromatic rings. The van der Waals surface area contributed by atoms with E-state index in [0.717, 1.165) is 50.4 Å². The number of nitrogens with zero attached hydrogens (tertiary/aromatic N) is 3. The van der Waals surface area contributed by atoms with E-state index in [1.165, 1.54) is 5.56 Å². The van der Waals surface area contributed by atoms with Crippen LogP contribution in [0.2, 0.25) is 0 Å². The molecule has 2 heterocycles. The highest BCUT2D eigenvalue weighted by Crippen LogP contribution is 2.30. The van der Waals surface area contributed by atoms with Gasteiger partial charge in [-0.25, -0.2) is 9.97 Å². The van der Waals surface area contributed by atoms with Gasteiger partial charge < -0.3 is 15.3 Å². The largest absolute Gasteiger partial charge is 0.388 e. The molecule has 5 heteroatoms. The second-order valence-corrected chi connectivity index (χ2v) is 5.87. The van der Waals surface area contributed by atoms with E-state index in [4.69, 9.17) is 0 Å². The Morgan fingerprint density at radius 2 is 2.15 bits per heavy atom. The Hall–Kier alpha value is -1.36. The van der Waals surface area contributed by atoms with Gasteiger partial charge in [0.25, 0.3) is 0 Å². The van der Waals surface area contributed by atoms with Crippen LogP contribution in [0.25, 0.3) is 0 Å². The van der Waals surface area contributed by atoms with Crippen molar-refractivity contribution in [2.45, 2.75) is 52.1 Å². The average molecular weight is 278 g/mol. The van der Waals surface area contributed by atoms with E-state index in [9.17, 15) is 5.11 Å². The van der Waals surface area contributed by atoms with Crippen molar-refractivity contribution in [1.82, 2.24) is 9.97 Å². The molecular formula is C15H26N4O. The summed E-state index contributed by atoms with van der Waals surface area (Å²) >= 11 is 0. The molecular weight excluding hydrogens is 252 g/mol. The first-order valence-corrected chi connectivity index (χ1v) is 7.62. The van der Waals surface area contributed by atoms with E-state index in [1.807, 2.05) is 6.92 Å². The predicted molar refractivity (Wildman–Crippen MR) is 82.3 cm³/mol. The molecule has 0 amide bonds. The summed E-state index contributed by atoms with van der Waals surface area (Å²) in [6, 6.07) is 0. The second kappa shape index (κ2) is 6.39. The van der Waals surface area contributed by atoms with E-state index in [-0.39, 0.29) is 0 Å². The van der Waals surface area contributed by atoms with Crippen molar-refractivity contribution >= 4 is 11.6 Å². The summed E-state index contributed by atoms with van der Waals surface area (Å²) in [5.74, 6) is 1.93. The minimum atomic E-state index is -0.606. The zero-order chi connectivity index (χ0) is 14.6. The molecule has 0 spiro atoms. The Bertz CT molecular complexity index is 447. The lowest BCUT2D eigenvalue weighted by Crippen LogP contribution is -2.30. The van der Waals surface area contributed by atoms with Crippen molar-refractivity contribution in [2.24, 2.45) is 0 Å². The Labute approximate surface area is 121 Å². The average Bonchev–Trinajstić information content (AvgIpc) is 2.78. The Kier molecular flexibility index (Phi) is 4.81. The van der Waals surface area contributed by atoms with Gasteiger partial charge in [-0.05, 0) is 26.2 Å². The molecule has 1 unspecified atom stereocenters. The maximum absolute atomic E-state index is 10.2. The highest BCUT2D eigenvalue weighted by molar-refractivity contribution is 5.59. The third-order valence-electron chi connectivity index (χ3n) is 3.72. The van der Waals surface area contributed by atoms with Gasteiger partial charge in [0.05, 0.1) is 5.60 Å². The van der Waals surface area contributed by atoms with Gasteiger partial charge in [-0.1, -0.05) is 20.3 Å². The Morgan fingerprint density at radius 1 is 1.35 bits per heavy atom. The zero-order valence-electron chi connectivity index (χ0n) is 12.8. The lowest BCUT2D eigenvalue weighted by Gasteiger charge is -2.23. The van der Waals surface area contributed by atoms with Gasteiger partial charge >= 0.3 is 0 Å². The number of aromatic nitrogens is 2. The summed E-state index contributed by atoms with van der Waals surface area (Å²) in [5, 5.41) is 13.5. The lowest BCUT2D eigenvalue weighted by molar-refractivity contribution is 0.0839. The topological polar surface area (TPSA) is 61.3 Å². The van der Waals surface area contributed by atoms with Crippen LogP contribution in [0.1, 0.15) is 45.6 Å². The number of β-amino-alcohol motifs (C(OH)–C–C–N with tert-alkyl or cyclic N) is 1. The van der Waals surface area contributed by atoms with Gasteiger partial charge in [0.15, 0.2) is 0 Å². The molecule has 1 atom stereocenters. The van der Waals surface area contributed by atoms with E-state index in [0.29, 0.717) is 6.54 Å². The number of hydrogen-bond donors (Lipinski definition) is 2. The molecule has 1 aliphatic heterocycles. The molecule has 1 saturated heterocycles. The third kappa shape index (κ3) is 3.39. The molecule has 1 aliphatic rings. The fourth-order valence-electron chi connectivity index (χ4n) is 2.68. The Morgan fingerprint density at radius 3 is 2.75 bits per heavy atom. The van der Waals surface area contributed by atoms with Gasteiger partial charge in [0, 0.05) is 25.2 Å². The summed E-state index contributed by atoms with van der Waals surface area (Å²) in [5.41, 5.74) is 0.576. The van der Waals surface area contributed by atoms with Crippen molar-refractivity contribution in [3.8, 4) is 0 Å². The molecule has 2 rings (SSSR count). The molecule has 5 nitrogen and oxygen atoms in total. The normalized spacial score (nSPS) is 22.3. The highest BCUT2D eigenvalue weighted by atomic mass is 16.3. The molecule has 1 fully saturated rings. The molecule has 20 heavy (non-hydrogen) atoms. The quantitative estimate of drug-likeness (QED) is 0.835. The number of aliphatic hydroxyl groups is 1. The van der Waals surface area contributed by atoms with Crippen LogP contribution < -0.4 is 10.2 Å². The smallest absolute Gasteiger partial charge is 0.137 e. The lowest BCUT2D eigenvalue weighted by atomic mass is 10.1. The van der Waals surface area contributed by atoms with E-state index in [2.05, 4.69) is 34.0 Å². The molecule has 2 N–H and O–H groups in total. The standard InChI is InChI=1S/C15H26N4O/c1-4-6-12-13(16-8-5-2)17-11-18-14(12)19-9-7-15(3,20)10-19/h11,20H,4-10H2,1-3H3,(H,16,17,18). The fourth-order valence-corrected chi connectivity index (χ4v) is 2.68. The summed E-state index contributed by atoms with van der Waals surface area (Å²) in [7, 11) is 0. The maximum Gasteiger partial charge on any atom is 0.137 e. The van der Waals surface area contributed by atoms with Crippen molar-refractivity contribution in [3.63, 3.8) is 0 Å². The minimum Gasteiger partial charge on any atom is -0.388 e. The molecule has 112 valence electrons. The first kappa shape index (κ1) is 15.0. The number of rotatable bonds is 6. The van der Waals surface area contributed by atoms with Crippen molar-refractivity contribution in [1.29, 1.82) is 0 Å². The van der Waals surface area contributed by atoms with Gasteiger partial charge in [0.1, 0.15) is 18.0 Å². The highest BCUT2D eigenvalue weighted by Gasteiger charge is 2.33. The van der Waals surface area contributed by atoms with Crippen molar-refractivity contribution in [2.75, 3.05) is 29.9 Å². The SMILES string of the molecule is CCCNc1ncnc(N2CCC(C)(O)C2)c1CCC. The van der Waals surface area contributed by atoms with Crippen LogP contribution in [-0.4, -0.2) is 40.3 Å². The van der Waals surface area contributed by atoms with E-state index >= 15 is 0 Å². The van der Waals surface area contributed by atoms with Crippen LogP contribution in [-0.2, 0) is 6.42 Å². The predicted octanol–water partition coefficient (Wildman–Crippen LogP) is 2.21. The second-order valence-electron chi connectivity index (χ2n) is 5.87. The van der Waals surface area contributed by atoms with Crippen LogP contribution in [0, 0.1) is 0 Å². The van der Waals surface area contributed by atoms with E-state index < -0.39 is 5.60 Å². The molecule has 1 aromatic heterocycles. The van der Waals surface area contributed by atoms with Gasteiger partial charge in [-0.15, -0.1) is 0 Å². The molecule has 0 aliphatic carbocycles. The third-order valence-corrected chi connectivity index (χ3v) is 3.72. The first-order chi connectivity index (χ1) is 9.57. The number of hydrogen-bond acceptors (Lipinski definition) is 5. The summed E-state index contributed by atoms with van der Waals surface area (Å²) in [6.45, 7) is 8.63. The van der Waals surface area contributed by atoms with Crippen LogP contribution in [0.15, 0.2) is 6.33 Å². The van der Waals surface area contributed by atoms with Crippen LogP contribution in [0.4, 0.5) is 11.6 Å². The number of nitrogens with one attached hydrogen (secondary N) is 1. The van der Waals surface area contributed by atoms with Crippen molar-refractivity contribution < 1.29 is 5.11 Å². The minimum absolute atomic E-state index is 0.606. The summed E-state index contributed by atoms with van der Waals surface area (Å²) in [4.78, 5) is 11.1. The van der Waals surface area contributed by atoms with Gasteiger partial charge in [0.2, 0.25) is 0 Å². The van der Waals surface area contributed by atoms with Crippen LogP contribution in [0.3, 0.4) is 0 Å².